The van der Waals surface area contributed by atoms with Crippen molar-refractivity contribution in [1.82, 2.24) is 4.40 Å². The lowest BCUT2D eigenvalue weighted by molar-refractivity contribution is 1.14. The van der Waals surface area contributed by atoms with Crippen molar-refractivity contribution < 1.29 is 0 Å². The van der Waals surface area contributed by atoms with Crippen molar-refractivity contribution in [1.29, 1.82) is 0 Å². The van der Waals surface area contributed by atoms with Gasteiger partial charge in [-0.2, -0.15) is 0 Å². The molecular weight excluding hydrogens is 278 g/mol. The van der Waals surface area contributed by atoms with Crippen LogP contribution in [0.25, 0.3) is 38.1 Å². The molecule has 0 bridgehead atoms. The zero-order chi connectivity index (χ0) is 15.6. The van der Waals surface area contributed by atoms with Gasteiger partial charge in [0.1, 0.15) is 0 Å². The van der Waals surface area contributed by atoms with Gasteiger partial charge in [-0.05, 0) is 54.3 Å². The monoisotopic (exact) mass is 297 g/mol. The SMILES string of the molecule is CCc1ccc2c(c1)c1cc(CC)cc3c4ccccc4n2c31. The van der Waals surface area contributed by atoms with Crippen molar-refractivity contribution in [3.8, 4) is 0 Å². The van der Waals surface area contributed by atoms with Crippen LogP contribution in [0.3, 0.4) is 0 Å². The molecule has 1 nitrogen and oxygen atoms in total. The van der Waals surface area contributed by atoms with E-state index in [4.69, 9.17) is 0 Å². The summed E-state index contributed by atoms with van der Waals surface area (Å²) in [5.41, 5.74) is 6.86. The molecule has 0 radical (unpaired) electrons. The first-order valence-electron chi connectivity index (χ1n) is 8.51. The third kappa shape index (κ3) is 1.57. The lowest BCUT2D eigenvalue weighted by Gasteiger charge is -2.01. The van der Waals surface area contributed by atoms with Gasteiger partial charge in [0.25, 0.3) is 0 Å². The van der Waals surface area contributed by atoms with Crippen LogP contribution in [-0.2, 0) is 12.8 Å². The Morgan fingerprint density at radius 3 is 2.09 bits per heavy atom. The first-order valence-corrected chi connectivity index (χ1v) is 8.51. The summed E-state index contributed by atoms with van der Waals surface area (Å²) >= 11 is 0. The molecule has 2 heterocycles. The highest BCUT2D eigenvalue weighted by molar-refractivity contribution is 6.23. The van der Waals surface area contributed by atoms with E-state index < -0.39 is 0 Å². The normalized spacial score (nSPS) is 12.3. The summed E-state index contributed by atoms with van der Waals surface area (Å²) in [7, 11) is 0. The van der Waals surface area contributed by atoms with E-state index in [2.05, 4.69) is 72.8 Å². The Morgan fingerprint density at radius 1 is 0.652 bits per heavy atom. The fourth-order valence-electron chi connectivity index (χ4n) is 4.03. The summed E-state index contributed by atoms with van der Waals surface area (Å²) in [6.45, 7) is 4.47. The fraction of sp³-hybridized carbons (Fsp3) is 0.182. The van der Waals surface area contributed by atoms with Crippen LogP contribution >= 0.6 is 0 Å². The molecular formula is C22H19N. The number of rotatable bonds is 2. The number of para-hydroxylation sites is 1. The zero-order valence-corrected chi connectivity index (χ0v) is 13.6. The maximum absolute atomic E-state index is 2.45. The third-order valence-electron chi connectivity index (χ3n) is 5.24. The summed E-state index contributed by atoms with van der Waals surface area (Å²) in [4.78, 5) is 0. The van der Waals surface area contributed by atoms with E-state index in [1.54, 1.807) is 0 Å². The molecule has 0 unspecified atom stereocenters. The molecule has 1 heteroatoms. The van der Waals surface area contributed by atoms with E-state index in [1.165, 1.54) is 49.2 Å². The molecule has 0 saturated carbocycles. The van der Waals surface area contributed by atoms with Crippen LogP contribution in [0, 0.1) is 0 Å². The molecule has 23 heavy (non-hydrogen) atoms. The van der Waals surface area contributed by atoms with E-state index >= 15 is 0 Å². The van der Waals surface area contributed by atoms with Gasteiger partial charge >= 0.3 is 0 Å². The minimum absolute atomic E-state index is 1.07. The predicted molar refractivity (Wildman–Crippen MR) is 99.9 cm³/mol. The second kappa shape index (κ2) is 4.48. The molecule has 0 atom stereocenters. The Hall–Kier alpha value is -2.54. The van der Waals surface area contributed by atoms with Gasteiger partial charge in [0.05, 0.1) is 16.6 Å². The lowest BCUT2D eigenvalue weighted by atomic mass is 10.0. The molecule has 112 valence electrons. The van der Waals surface area contributed by atoms with Crippen molar-refractivity contribution in [2.75, 3.05) is 0 Å². The number of hydrogen-bond donors (Lipinski definition) is 0. The molecule has 0 aliphatic heterocycles. The van der Waals surface area contributed by atoms with E-state index in [-0.39, 0.29) is 0 Å². The predicted octanol–water partition coefficient (Wildman–Crippen LogP) is 5.96. The van der Waals surface area contributed by atoms with Gasteiger partial charge in [0, 0.05) is 21.5 Å². The third-order valence-corrected chi connectivity index (χ3v) is 5.24. The van der Waals surface area contributed by atoms with Crippen molar-refractivity contribution >= 4 is 38.1 Å². The van der Waals surface area contributed by atoms with Gasteiger partial charge in [-0.15, -0.1) is 0 Å². The Labute approximate surface area is 135 Å². The van der Waals surface area contributed by atoms with E-state index in [1.807, 2.05) is 0 Å². The van der Waals surface area contributed by atoms with Crippen LogP contribution < -0.4 is 0 Å². The molecule has 0 aliphatic rings. The quantitative estimate of drug-likeness (QED) is 0.378. The van der Waals surface area contributed by atoms with E-state index in [9.17, 15) is 0 Å². The number of nitrogens with zero attached hydrogens (tertiary/aromatic N) is 1. The number of aryl methyl sites for hydroxylation is 2. The van der Waals surface area contributed by atoms with Gasteiger partial charge in [-0.3, -0.25) is 0 Å². The van der Waals surface area contributed by atoms with Crippen molar-refractivity contribution in [2.45, 2.75) is 26.7 Å². The Kier molecular flexibility index (Phi) is 2.52. The molecule has 0 aliphatic carbocycles. The Balaban J connectivity index is 2.14. The topological polar surface area (TPSA) is 4.41 Å². The Morgan fingerprint density at radius 2 is 1.30 bits per heavy atom. The molecule has 0 amide bonds. The highest BCUT2D eigenvalue weighted by Gasteiger charge is 2.17. The number of fused-ring (bicyclic) bond motifs is 6. The van der Waals surface area contributed by atoms with E-state index in [0.29, 0.717) is 0 Å². The average molecular weight is 297 g/mol. The van der Waals surface area contributed by atoms with Crippen LogP contribution in [0.2, 0.25) is 0 Å². The molecule has 5 rings (SSSR count). The fourth-order valence-corrected chi connectivity index (χ4v) is 4.03. The summed E-state index contributed by atoms with van der Waals surface area (Å²) in [5.74, 6) is 0. The molecule has 0 saturated heterocycles. The van der Waals surface area contributed by atoms with Crippen molar-refractivity contribution in [3.05, 3.63) is 65.7 Å². The van der Waals surface area contributed by atoms with Crippen LogP contribution in [0.15, 0.2) is 54.6 Å². The smallest absolute Gasteiger partial charge is 0.0620 e. The van der Waals surface area contributed by atoms with Crippen molar-refractivity contribution in [2.24, 2.45) is 0 Å². The minimum atomic E-state index is 1.07. The number of hydrogen-bond acceptors (Lipinski definition) is 0. The highest BCUT2D eigenvalue weighted by atomic mass is 14.9. The van der Waals surface area contributed by atoms with Crippen LogP contribution in [0.4, 0.5) is 0 Å². The lowest BCUT2D eigenvalue weighted by Crippen LogP contribution is -1.82. The van der Waals surface area contributed by atoms with Gasteiger partial charge in [0.2, 0.25) is 0 Å². The first kappa shape index (κ1) is 13.0. The van der Waals surface area contributed by atoms with Gasteiger partial charge in [-0.1, -0.05) is 38.1 Å². The summed E-state index contributed by atoms with van der Waals surface area (Å²) in [6.07, 6.45) is 2.16. The number of aromatic nitrogens is 1. The maximum Gasteiger partial charge on any atom is 0.0620 e. The van der Waals surface area contributed by atoms with Crippen LogP contribution in [0.5, 0.6) is 0 Å². The van der Waals surface area contributed by atoms with Crippen LogP contribution in [-0.4, -0.2) is 4.40 Å². The molecule has 0 spiro atoms. The molecule has 0 fully saturated rings. The largest absolute Gasteiger partial charge is 0.308 e. The molecule has 3 aromatic carbocycles. The first-order chi connectivity index (χ1) is 11.3. The standard InChI is InChI=1S/C22H19N/c1-3-14-9-10-21-17(11-14)19-13-15(4-2)12-18-16-7-5-6-8-20(16)23(21)22(18)19/h5-13H,3-4H2,1-2H3. The van der Waals surface area contributed by atoms with Crippen LogP contribution in [0.1, 0.15) is 25.0 Å². The molecule has 5 aromatic rings. The molecule has 2 aromatic heterocycles. The van der Waals surface area contributed by atoms with Gasteiger partial charge in [0.15, 0.2) is 0 Å². The maximum atomic E-state index is 2.45. The summed E-state index contributed by atoms with van der Waals surface area (Å²) in [5, 5.41) is 5.56. The minimum Gasteiger partial charge on any atom is -0.308 e. The molecule has 0 N–H and O–H groups in total. The average Bonchev–Trinajstić information content (AvgIpc) is 3.11. The van der Waals surface area contributed by atoms with Gasteiger partial charge in [-0.25, -0.2) is 0 Å². The van der Waals surface area contributed by atoms with Crippen molar-refractivity contribution in [3.63, 3.8) is 0 Å². The van der Waals surface area contributed by atoms with E-state index in [0.717, 1.165) is 12.8 Å². The number of benzene rings is 3. The summed E-state index contributed by atoms with van der Waals surface area (Å²) in [6, 6.07) is 20.5. The second-order valence-corrected chi connectivity index (χ2v) is 6.45. The second-order valence-electron chi connectivity index (χ2n) is 6.45. The zero-order valence-electron chi connectivity index (χ0n) is 13.6. The Bertz CT molecular complexity index is 1180. The summed E-state index contributed by atoms with van der Waals surface area (Å²) < 4.78 is 2.45. The van der Waals surface area contributed by atoms with Gasteiger partial charge < -0.3 is 4.40 Å². The highest BCUT2D eigenvalue weighted by Crippen LogP contribution is 2.39.